The molecule has 0 amide bonds. The van der Waals surface area contributed by atoms with Crippen molar-refractivity contribution >= 4 is 11.9 Å². The van der Waals surface area contributed by atoms with E-state index in [-0.39, 0.29) is 5.97 Å². The zero-order chi connectivity index (χ0) is 14.2. The SMILES string of the molecule is CC/C=C\CCOC(=O)CCC.CCCC(=O)O. The van der Waals surface area contributed by atoms with Crippen LogP contribution < -0.4 is 0 Å². The van der Waals surface area contributed by atoms with Crippen LogP contribution in [0.15, 0.2) is 12.2 Å². The van der Waals surface area contributed by atoms with Gasteiger partial charge < -0.3 is 9.84 Å². The van der Waals surface area contributed by atoms with Crippen LogP contribution in [0.1, 0.15) is 59.3 Å². The van der Waals surface area contributed by atoms with Gasteiger partial charge in [-0.1, -0.05) is 32.9 Å². The van der Waals surface area contributed by atoms with Crippen molar-refractivity contribution in [2.45, 2.75) is 59.3 Å². The summed E-state index contributed by atoms with van der Waals surface area (Å²) in [7, 11) is 0. The molecule has 0 bridgehead atoms. The molecule has 0 aromatic heterocycles. The fourth-order valence-corrected chi connectivity index (χ4v) is 1.02. The molecule has 106 valence electrons. The standard InChI is InChI=1S/C10H18O2.C4H8O2/c1-3-5-6-7-9-12-10(11)8-4-2;1-2-3-4(5)6/h5-6H,3-4,7-9H2,1-2H3;2-3H2,1H3,(H,5,6)/b6-5-;. The van der Waals surface area contributed by atoms with E-state index in [9.17, 15) is 9.59 Å². The van der Waals surface area contributed by atoms with Gasteiger partial charge in [-0.3, -0.25) is 9.59 Å². The molecule has 0 saturated heterocycles. The van der Waals surface area contributed by atoms with Crippen LogP contribution in [0.3, 0.4) is 0 Å². The van der Waals surface area contributed by atoms with E-state index in [1.165, 1.54) is 0 Å². The maximum Gasteiger partial charge on any atom is 0.305 e. The van der Waals surface area contributed by atoms with Gasteiger partial charge in [0.1, 0.15) is 0 Å². The molecule has 0 aromatic rings. The van der Waals surface area contributed by atoms with E-state index in [1.807, 2.05) is 19.9 Å². The Labute approximate surface area is 110 Å². The van der Waals surface area contributed by atoms with Crippen molar-refractivity contribution in [1.29, 1.82) is 0 Å². The van der Waals surface area contributed by atoms with Gasteiger partial charge in [0.05, 0.1) is 6.61 Å². The van der Waals surface area contributed by atoms with Gasteiger partial charge in [-0.2, -0.15) is 0 Å². The minimum atomic E-state index is -0.711. The first kappa shape index (κ1) is 19.0. The maximum atomic E-state index is 10.8. The Morgan fingerprint density at radius 1 is 1.06 bits per heavy atom. The first-order valence-electron chi connectivity index (χ1n) is 6.60. The van der Waals surface area contributed by atoms with Gasteiger partial charge in [0.2, 0.25) is 0 Å². The number of hydrogen-bond donors (Lipinski definition) is 1. The third kappa shape index (κ3) is 20.1. The number of hydrogen-bond acceptors (Lipinski definition) is 3. The quantitative estimate of drug-likeness (QED) is 0.411. The molecule has 0 spiro atoms. The summed E-state index contributed by atoms with van der Waals surface area (Å²) in [5.74, 6) is -0.792. The minimum Gasteiger partial charge on any atom is -0.481 e. The summed E-state index contributed by atoms with van der Waals surface area (Å²) in [4.78, 5) is 20.4. The van der Waals surface area contributed by atoms with Crippen LogP contribution in [0.25, 0.3) is 0 Å². The Morgan fingerprint density at radius 3 is 2.06 bits per heavy atom. The molecule has 0 aliphatic carbocycles. The molecule has 0 heterocycles. The van der Waals surface area contributed by atoms with Crippen molar-refractivity contribution in [2.75, 3.05) is 6.61 Å². The van der Waals surface area contributed by atoms with E-state index in [4.69, 9.17) is 9.84 Å². The molecule has 0 atom stereocenters. The predicted octanol–water partition coefficient (Wildman–Crippen LogP) is 3.56. The van der Waals surface area contributed by atoms with Gasteiger partial charge in [0.15, 0.2) is 0 Å². The molecule has 4 nitrogen and oxygen atoms in total. The lowest BCUT2D eigenvalue weighted by atomic mass is 10.3. The van der Waals surface area contributed by atoms with Gasteiger partial charge in [0.25, 0.3) is 0 Å². The first-order chi connectivity index (χ1) is 8.58. The Balaban J connectivity index is 0. The van der Waals surface area contributed by atoms with Crippen molar-refractivity contribution < 1.29 is 19.4 Å². The first-order valence-corrected chi connectivity index (χ1v) is 6.60. The highest BCUT2D eigenvalue weighted by Crippen LogP contribution is 1.93. The van der Waals surface area contributed by atoms with Crippen molar-refractivity contribution in [2.24, 2.45) is 0 Å². The molecule has 0 rings (SSSR count). The lowest BCUT2D eigenvalue weighted by Gasteiger charge is -2.00. The highest BCUT2D eigenvalue weighted by Gasteiger charge is 1.97. The molecular formula is C14H26O4. The number of carbonyl (C=O) groups excluding carboxylic acids is 1. The highest BCUT2D eigenvalue weighted by atomic mass is 16.5. The summed E-state index contributed by atoms with van der Waals surface area (Å²) < 4.78 is 4.94. The lowest BCUT2D eigenvalue weighted by Crippen LogP contribution is -2.04. The minimum absolute atomic E-state index is 0.0811. The summed E-state index contributed by atoms with van der Waals surface area (Å²) >= 11 is 0. The van der Waals surface area contributed by atoms with Crippen LogP contribution in [0.4, 0.5) is 0 Å². The second kappa shape index (κ2) is 15.7. The van der Waals surface area contributed by atoms with Crippen LogP contribution in [0.2, 0.25) is 0 Å². The summed E-state index contributed by atoms with van der Waals surface area (Å²) in [5, 5.41) is 7.91. The van der Waals surface area contributed by atoms with E-state index in [2.05, 4.69) is 13.0 Å². The van der Waals surface area contributed by atoms with Crippen LogP contribution in [-0.4, -0.2) is 23.7 Å². The second-order valence-electron chi connectivity index (χ2n) is 3.78. The van der Waals surface area contributed by atoms with E-state index >= 15 is 0 Å². The topological polar surface area (TPSA) is 63.6 Å². The smallest absolute Gasteiger partial charge is 0.305 e. The largest absolute Gasteiger partial charge is 0.481 e. The number of carbonyl (C=O) groups is 2. The molecule has 0 aliphatic heterocycles. The fourth-order valence-electron chi connectivity index (χ4n) is 1.02. The summed E-state index contributed by atoms with van der Waals surface area (Å²) in [6, 6.07) is 0. The van der Waals surface area contributed by atoms with Crippen molar-refractivity contribution in [1.82, 2.24) is 0 Å². The molecule has 0 aliphatic rings. The molecule has 0 radical (unpaired) electrons. The number of allylic oxidation sites excluding steroid dienone is 1. The molecule has 0 fully saturated rings. The number of ether oxygens (including phenoxy) is 1. The number of carboxylic acids is 1. The fraction of sp³-hybridized carbons (Fsp3) is 0.714. The molecule has 18 heavy (non-hydrogen) atoms. The van der Waals surface area contributed by atoms with Crippen LogP contribution in [0.5, 0.6) is 0 Å². The monoisotopic (exact) mass is 258 g/mol. The molecule has 0 saturated carbocycles. The Bertz CT molecular complexity index is 234. The molecule has 1 N–H and O–H groups in total. The molecule has 0 aromatic carbocycles. The van der Waals surface area contributed by atoms with Gasteiger partial charge in [-0.05, 0) is 25.7 Å². The Kier molecular flexibility index (Phi) is 16.6. The number of esters is 1. The van der Waals surface area contributed by atoms with Crippen LogP contribution in [0, 0.1) is 0 Å². The Hall–Kier alpha value is -1.32. The molecule has 0 unspecified atom stereocenters. The van der Waals surface area contributed by atoms with Crippen molar-refractivity contribution in [3.05, 3.63) is 12.2 Å². The van der Waals surface area contributed by atoms with Gasteiger partial charge >= 0.3 is 11.9 Å². The number of carboxylic acid groups (broad SMARTS) is 1. The van der Waals surface area contributed by atoms with Gasteiger partial charge in [-0.25, -0.2) is 0 Å². The van der Waals surface area contributed by atoms with Crippen molar-refractivity contribution in [3.63, 3.8) is 0 Å². The predicted molar refractivity (Wildman–Crippen MR) is 72.5 cm³/mol. The van der Waals surface area contributed by atoms with E-state index in [0.717, 1.165) is 25.7 Å². The van der Waals surface area contributed by atoms with E-state index < -0.39 is 5.97 Å². The maximum absolute atomic E-state index is 10.8. The number of rotatable bonds is 8. The molecule has 4 heteroatoms. The zero-order valence-corrected chi connectivity index (χ0v) is 11.8. The van der Waals surface area contributed by atoms with Crippen LogP contribution in [-0.2, 0) is 14.3 Å². The van der Waals surface area contributed by atoms with Crippen molar-refractivity contribution in [3.8, 4) is 0 Å². The average Bonchev–Trinajstić information content (AvgIpc) is 2.30. The van der Waals surface area contributed by atoms with Gasteiger partial charge in [0, 0.05) is 12.8 Å². The molecular weight excluding hydrogens is 232 g/mol. The summed E-state index contributed by atoms with van der Waals surface area (Å²) in [6.07, 6.45) is 8.43. The van der Waals surface area contributed by atoms with E-state index in [0.29, 0.717) is 19.4 Å². The summed E-state index contributed by atoms with van der Waals surface area (Å²) in [5.41, 5.74) is 0. The third-order valence-electron chi connectivity index (χ3n) is 1.87. The van der Waals surface area contributed by atoms with Crippen LogP contribution >= 0.6 is 0 Å². The highest BCUT2D eigenvalue weighted by molar-refractivity contribution is 5.69. The average molecular weight is 258 g/mol. The van der Waals surface area contributed by atoms with E-state index in [1.54, 1.807) is 0 Å². The third-order valence-corrected chi connectivity index (χ3v) is 1.87. The Morgan fingerprint density at radius 2 is 1.67 bits per heavy atom. The zero-order valence-electron chi connectivity index (χ0n) is 11.8. The second-order valence-corrected chi connectivity index (χ2v) is 3.78. The lowest BCUT2D eigenvalue weighted by molar-refractivity contribution is -0.143. The van der Waals surface area contributed by atoms with Gasteiger partial charge in [-0.15, -0.1) is 0 Å². The number of aliphatic carboxylic acids is 1. The summed E-state index contributed by atoms with van der Waals surface area (Å²) in [6.45, 7) is 6.42. The normalized spacial score (nSPS) is 9.72.